The van der Waals surface area contributed by atoms with Crippen molar-refractivity contribution in [2.24, 2.45) is 0 Å². The topological polar surface area (TPSA) is 29.5 Å². The Bertz CT molecular complexity index is 678. The zero-order chi connectivity index (χ0) is 20.3. The van der Waals surface area contributed by atoms with Crippen LogP contribution in [-0.4, -0.2) is 25.1 Å². The number of terminal acetylenes is 2. The SMILES string of the molecule is C#Cc1ccc(CO)cc1.C#Cc1ccc(COCCF)cc1.CCCF. The number of hydrogen-bond acceptors (Lipinski definition) is 2. The largest absolute Gasteiger partial charge is 0.392 e. The molecule has 1 N–H and O–H groups in total. The van der Waals surface area contributed by atoms with Gasteiger partial charge in [0.1, 0.15) is 6.67 Å². The molecular formula is C23H26F2O2. The van der Waals surface area contributed by atoms with Crippen molar-refractivity contribution >= 4 is 0 Å². The maximum absolute atomic E-state index is 11.7. The Labute approximate surface area is 161 Å². The molecule has 0 fully saturated rings. The van der Waals surface area contributed by atoms with Gasteiger partial charge in [0.25, 0.3) is 0 Å². The fourth-order valence-corrected chi connectivity index (χ4v) is 1.65. The molecule has 2 nitrogen and oxygen atoms in total. The Morgan fingerprint density at radius 3 is 1.63 bits per heavy atom. The Hall–Kier alpha value is -2.66. The van der Waals surface area contributed by atoms with E-state index in [9.17, 15) is 8.78 Å². The standard InChI is InChI=1S/C11H11FO.C9H8O.C3H7F/c1-2-10-3-5-11(6-4-10)9-13-8-7-12;1-2-8-3-5-9(7-10)6-4-8;1-2-3-4/h1,3-6H,7-9H2;1,3-6,10H,7H2;2-3H2,1H3. The van der Waals surface area contributed by atoms with Crippen LogP contribution in [0.3, 0.4) is 0 Å². The lowest BCUT2D eigenvalue weighted by Crippen LogP contribution is -1.96. The Morgan fingerprint density at radius 1 is 0.852 bits per heavy atom. The zero-order valence-electron chi connectivity index (χ0n) is 15.6. The van der Waals surface area contributed by atoms with Gasteiger partial charge in [0.05, 0.1) is 26.5 Å². The van der Waals surface area contributed by atoms with Crippen molar-refractivity contribution in [1.82, 2.24) is 0 Å². The highest BCUT2D eigenvalue weighted by Gasteiger charge is 1.92. The van der Waals surface area contributed by atoms with Gasteiger partial charge in [-0.05, 0) is 41.8 Å². The summed E-state index contributed by atoms with van der Waals surface area (Å²) in [4.78, 5) is 0. The molecule has 27 heavy (non-hydrogen) atoms. The molecule has 0 aliphatic carbocycles. The van der Waals surface area contributed by atoms with Gasteiger partial charge in [-0.25, -0.2) is 4.39 Å². The average molecular weight is 372 g/mol. The van der Waals surface area contributed by atoms with Crippen LogP contribution in [0.25, 0.3) is 0 Å². The lowest BCUT2D eigenvalue weighted by molar-refractivity contribution is 0.106. The average Bonchev–Trinajstić information content (AvgIpc) is 2.75. The van der Waals surface area contributed by atoms with Gasteiger partial charge >= 0.3 is 0 Å². The third-order valence-corrected chi connectivity index (χ3v) is 3.10. The van der Waals surface area contributed by atoms with Crippen LogP contribution < -0.4 is 0 Å². The number of benzene rings is 2. The molecule has 0 radical (unpaired) electrons. The quantitative estimate of drug-likeness (QED) is 0.589. The first-order valence-corrected chi connectivity index (χ1v) is 8.56. The summed E-state index contributed by atoms with van der Waals surface area (Å²) in [6, 6.07) is 14.7. The summed E-state index contributed by atoms with van der Waals surface area (Å²) in [6.45, 7) is 1.85. The fourth-order valence-electron chi connectivity index (χ4n) is 1.65. The number of alkyl halides is 2. The van der Waals surface area contributed by atoms with E-state index in [2.05, 4.69) is 11.8 Å². The zero-order valence-corrected chi connectivity index (χ0v) is 15.6. The van der Waals surface area contributed by atoms with E-state index in [0.29, 0.717) is 13.0 Å². The van der Waals surface area contributed by atoms with Crippen LogP contribution in [0.2, 0.25) is 0 Å². The summed E-state index contributed by atoms with van der Waals surface area (Å²) in [7, 11) is 0. The molecule has 144 valence electrons. The first-order chi connectivity index (χ1) is 13.1. The molecule has 0 aliphatic rings. The molecular weight excluding hydrogens is 346 g/mol. The van der Waals surface area contributed by atoms with Crippen LogP contribution in [0.5, 0.6) is 0 Å². The summed E-state index contributed by atoms with van der Waals surface area (Å²) >= 11 is 0. The first-order valence-electron chi connectivity index (χ1n) is 8.56. The molecule has 0 amide bonds. The molecule has 0 unspecified atom stereocenters. The second kappa shape index (κ2) is 16.8. The predicted octanol–water partition coefficient (Wildman–Crippen LogP) is 4.68. The van der Waals surface area contributed by atoms with Crippen molar-refractivity contribution < 1.29 is 18.6 Å². The highest BCUT2D eigenvalue weighted by Crippen LogP contribution is 2.04. The van der Waals surface area contributed by atoms with Gasteiger partial charge < -0.3 is 9.84 Å². The Balaban J connectivity index is 0.000000428. The third-order valence-electron chi connectivity index (χ3n) is 3.10. The molecule has 2 aromatic rings. The summed E-state index contributed by atoms with van der Waals surface area (Å²) in [6.07, 6.45) is 11.0. The van der Waals surface area contributed by atoms with E-state index in [1.807, 2.05) is 48.5 Å². The third kappa shape index (κ3) is 12.3. The molecule has 0 bridgehead atoms. The van der Waals surface area contributed by atoms with Crippen molar-refractivity contribution in [3.63, 3.8) is 0 Å². The minimum absolute atomic E-state index is 0.0743. The van der Waals surface area contributed by atoms with Crippen LogP contribution >= 0.6 is 0 Å². The molecule has 0 atom stereocenters. The normalized spacial score (nSPS) is 8.96. The highest BCUT2D eigenvalue weighted by molar-refractivity contribution is 5.34. The minimum atomic E-state index is -0.442. The predicted molar refractivity (Wildman–Crippen MR) is 107 cm³/mol. The van der Waals surface area contributed by atoms with Gasteiger partial charge in [0.2, 0.25) is 0 Å². The molecule has 0 spiro atoms. The van der Waals surface area contributed by atoms with E-state index in [4.69, 9.17) is 22.7 Å². The fraction of sp³-hybridized carbons (Fsp3) is 0.304. The van der Waals surface area contributed by atoms with Crippen LogP contribution in [0.15, 0.2) is 48.5 Å². The Kier molecular flexibility index (Phi) is 15.1. The van der Waals surface area contributed by atoms with E-state index in [1.54, 1.807) is 6.92 Å². The van der Waals surface area contributed by atoms with Crippen LogP contribution in [0.4, 0.5) is 8.78 Å². The van der Waals surface area contributed by atoms with E-state index in [0.717, 1.165) is 22.3 Å². The lowest BCUT2D eigenvalue weighted by Gasteiger charge is -2.01. The maximum atomic E-state index is 11.7. The monoisotopic (exact) mass is 372 g/mol. The summed E-state index contributed by atoms with van der Waals surface area (Å²) in [5.74, 6) is 5.02. The lowest BCUT2D eigenvalue weighted by atomic mass is 10.1. The van der Waals surface area contributed by atoms with Gasteiger partial charge in [0, 0.05) is 11.1 Å². The smallest absolute Gasteiger partial charge is 0.113 e. The molecule has 2 rings (SSSR count). The van der Waals surface area contributed by atoms with E-state index in [1.165, 1.54) is 0 Å². The van der Waals surface area contributed by atoms with Crippen LogP contribution in [-0.2, 0) is 18.0 Å². The number of halogens is 2. The van der Waals surface area contributed by atoms with Gasteiger partial charge in [-0.15, -0.1) is 12.8 Å². The Morgan fingerprint density at radius 2 is 1.30 bits per heavy atom. The van der Waals surface area contributed by atoms with Crippen LogP contribution in [0, 0.1) is 24.7 Å². The second-order valence-corrected chi connectivity index (χ2v) is 5.27. The second-order valence-electron chi connectivity index (χ2n) is 5.27. The van der Waals surface area contributed by atoms with Gasteiger partial charge in [0.15, 0.2) is 0 Å². The first kappa shape index (κ1) is 24.3. The van der Waals surface area contributed by atoms with E-state index >= 15 is 0 Å². The van der Waals surface area contributed by atoms with Crippen LogP contribution in [0.1, 0.15) is 35.6 Å². The summed E-state index contributed by atoms with van der Waals surface area (Å²) < 4.78 is 27.4. The maximum Gasteiger partial charge on any atom is 0.113 e. The number of ether oxygens (including phenoxy) is 1. The van der Waals surface area contributed by atoms with Crippen molar-refractivity contribution in [1.29, 1.82) is 0 Å². The van der Waals surface area contributed by atoms with Gasteiger partial charge in [-0.2, -0.15) is 0 Å². The van der Waals surface area contributed by atoms with Crippen molar-refractivity contribution in [3.05, 3.63) is 70.8 Å². The van der Waals surface area contributed by atoms with Crippen molar-refractivity contribution in [2.75, 3.05) is 20.0 Å². The molecule has 0 heterocycles. The molecule has 4 heteroatoms. The van der Waals surface area contributed by atoms with E-state index < -0.39 is 6.67 Å². The number of rotatable bonds is 6. The molecule has 2 aromatic carbocycles. The molecule has 0 saturated carbocycles. The number of aliphatic hydroxyl groups is 1. The minimum Gasteiger partial charge on any atom is -0.392 e. The molecule has 0 aromatic heterocycles. The van der Waals surface area contributed by atoms with Gasteiger partial charge in [-0.1, -0.05) is 43.0 Å². The number of aliphatic hydroxyl groups excluding tert-OH is 1. The number of hydrogen-bond donors (Lipinski definition) is 1. The van der Waals surface area contributed by atoms with Gasteiger partial charge in [-0.3, -0.25) is 4.39 Å². The summed E-state index contributed by atoms with van der Waals surface area (Å²) in [5.41, 5.74) is 3.58. The van der Waals surface area contributed by atoms with E-state index in [-0.39, 0.29) is 19.9 Å². The van der Waals surface area contributed by atoms with Crippen molar-refractivity contribution in [2.45, 2.75) is 26.6 Å². The molecule has 0 saturated heterocycles. The summed E-state index contributed by atoms with van der Waals surface area (Å²) in [5, 5.41) is 8.65. The molecule has 0 aliphatic heterocycles. The van der Waals surface area contributed by atoms with Crippen molar-refractivity contribution in [3.8, 4) is 24.7 Å². The highest BCUT2D eigenvalue weighted by atomic mass is 19.1.